The van der Waals surface area contributed by atoms with Crippen LogP contribution in [0.25, 0.3) is 0 Å². The molecule has 21 heavy (non-hydrogen) atoms. The molecule has 0 radical (unpaired) electrons. The van der Waals surface area contributed by atoms with E-state index in [1.807, 2.05) is 0 Å². The lowest BCUT2D eigenvalue weighted by Crippen LogP contribution is -2.26. The maximum Gasteiger partial charge on any atom is 0.255 e. The van der Waals surface area contributed by atoms with Gasteiger partial charge in [0, 0.05) is 18.5 Å². The van der Waals surface area contributed by atoms with Crippen LogP contribution in [0.15, 0.2) is 48.5 Å². The van der Waals surface area contributed by atoms with Gasteiger partial charge in [0.25, 0.3) is 5.91 Å². The Labute approximate surface area is 121 Å². The fourth-order valence-corrected chi connectivity index (χ4v) is 1.84. The molecule has 108 valence electrons. The van der Waals surface area contributed by atoms with E-state index in [-0.39, 0.29) is 35.8 Å². The molecule has 0 saturated carbocycles. The summed E-state index contributed by atoms with van der Waals surface area (Å²) in [6.45, 7) is 0.173. The molecule has 0 atom stereocenters. The van der Waals surface area contributed by atoms with Gasteiger partial charge >= 0.3 is 0 Å². The Kier molecular flexibility index (Phi) is 4.56. The summed E-state index contributed by atoms with van der Waals surface area (Å²) in [6.07, 6.45) is 0.143. The van der Waals surface area contributed by atoms with Crippen LogP contribution in [-0.2, 0) is 0 Å². The molecule has 5 heteroatoms. The van der Waals surface area contributed by atoms with Crippen molar-refractivity contribution >= 4 is 11.7 Å². The quantitative estimate of drug-likeness (QED) is 0.734. The van der Waals surface area contributed by atoms with Gasteiger partial charge in [-0.1, -0.05) is 12.1 Å². The van der Waals surface area contributed by atoms with E-state index < -0.39 is 5.91 Å². The molecular formula is C16H15NO4. The molecule has 5 nitrogen and oxygen atoms in total. The summed E-state index contributed by atoms with van der Waals surface area (Å²) in [6, 6.07) is 12.1. The minimum absolute atomic E-state index is 0.0967. The highest BCUT2D eigenvalue weighted by molar-refractivity contribution is 5.98. The summed E-state index contributed by atoms with van der Waals surface area (Å²) in [5.74, 6) is -0.557. The number of hydrogen-bond donors (Lipinski definition) is 3. The second kappa shape index (κ2) is 6.56. The van der Waals surface area contributed by atoms with Gasteiger partial charge in [-0.2, -0.15) is 0 Å². The standard InChI is InChI=1S/C16H15NO4/c18-12-7-5-11(6-8-12)14(19)9-10-17-16(21)13-3-1-2-4-15(13)20/h1-8,18,20H,9-10H2,(H,17,21). The normalized spacial score (nSPS) is 10.1. The Morgan fingerprint density at radius 2 is 1.62 bits per heavy atom. The number of Topliss-reactive ketones (excluding diaryl/α,β-unsaturated/α-hetero) is 1. The maximum atomic E-state index is 11.9. The van der Waals surface area contributed by atoms with Gasteiger partial charge in [0.1, 0.15) is 11.5 Å². The topological polar surface area (TPSA) is 86.6 Å². The molecule has 2 aromatic rings. The second-order valence-corrected chi connectivity index (χ2v) is 4.49. The van der Waals surface area contributed by atoms with Gasteiger partial charge < -0.3 is 15.5 Å². The lowest BCUT2D eigenvalue weighted by atomic mass is 10.1. The fraction of sp³-hybridized carbons (Fsp3) is 0.125. The predicted molar refractivity (Wildman–Crippen MR) is 77.5 cm³/mol. The molecule has 0 aliphatic rings. The van der Waals surface area contributed by atoms with Crippen molar-refractivity contribution in [1.82, 2.24) is 5.32 Å². The molecule has 1 amide bonds. The summed E-state index contributed by atoms with van der Waals surface area (Å²) in [5.41, 5.74) is 0.652. The van der Waals surface area contributed by atoms with Gasteiger partial charge in [-0.15, -0.1) is 0 Å². The Balaban J connectivity index is 1.87. The molecule has 0 aromatic heterocycles. The largest absolute Gasteiger partial charge is 0.508 e. The van der Waals surface area contributed by atoms with Crippen LogP contribution >= 0.6 is 0 Å². The van der Waals surface area contributed by atoms with E-state index in [1.165, 1.54) is 36.4 Å². The molecular weight excluding hydrogens is 270 g/mol. The van der Waals surface area contributed by atoms with Gasteiger partial charge in [-0.05, 0) is 36.4 Å². The minimum Gasteiger partial charge on any atom is -0.508 e. The van der Waals surface area contributed by atoms with Crippen molar-refractivity contribution in [3.8, 4) is 11.5 Å². The van der Waals surface area contributed by atoms with E-state index >= 15 is 0 Å². The van der Waals surface area contributed by atoms with Crippen molar-refractivity contribution in [3.63, 3.8) is 0 Å². The van der Waals surface area contributed by atoms with E-state index in [1.54, 1.807) is 12.1 Å². The van der Waals surface area contributed by atoms with Crippen molar-refractivity contribution in [3.05, 3.63) is 59.7 Å². The van der Waals surface area contributed by atoms with Gasteiger partial charge in [-0.3, -0.25) is 9.59 Å². The van der Waals surface area contributed by atoms with Gasteiger partial charge in [0.05, 0.1) is 5.56 Å². The van der Waals surface area contributed by atoms with Crippen LogP contribution in [0.3, 0.4) is 0 Å². The van der Waals surface area contributed by atoms with Crippen molar-refractivity contribution in [2.24, 2.45) is 0 Å². The smallest absolute Gasteiger partial charge is 0.255 e. The SMILES string of the molecule is O=C(CCNC(=O)c1ccccc1O)c1ccc(O)cc1. The third-order valence-corrected chi connectivity index (χ3v) is 2.98. The van der Waals surface area contributed by atoms with E-state index in [9.17, 15) is 14.7 Å². The Bertz CT molecular complexity index is 650. The first-order chi connectivity index (χ1) is 10.1. The Morgan fingerprint density at radius 3 is 2.29 bits per heavy atom. The van der Waals surface area contributed by atoms with Crippen LogP contribution in [0.4, 0.5) is 0 Å². The lowest BCUT2D eigenvalue weighted by molar-refractivity contribution is 0.0938. The fourth-order valence-electron chi connectivity index (χ4n) is 1.84. The number of para-hydroxylation sites is 1. The van der Waals surface area contributed by atoms with Gasteiger partial charge in [-0.25, -0.2) is 0 Å². The number of phenols is 2. The van der Waals surface area contributed by atoms with Crippen LogP contribution in [-0.4, -0.2) is 28.4 Å². The van der Waals surface area contributed by atoms with Gasteiger partial charge in [0.2, 0.25) is 0 Å². The molecule has 2 rings (SSSR count). The molecule has 3 N–H and O–H groups in total. The van der Waals surface area contributed by atoms with E-state index in [4.69, 9.17) is 5.11 Å². The van der Waals surface area contributed by atoms with Crippen LogP contribution in [0.2, 0.25) is 0 Å². The number of ketones is 1. The van der Waals surface area contributed by atoms with Crippen LogP contribution in [0, 0.1) is 0 Å². The average molecular weight is 285 g/mol. The first-order valence-corrected chi connectivity index (χ1v) is 6.46. The molecule has 0 spiro atoms. The van der Waals surface area contributed by atoms with E-state index in [0.29, 0.717) is 5.56 Å². The molecule has 0 saturated heterocycles. The highest BCUT2D eigenvalue weighted by Crippen LogP contribution is 2.15. The Hall–Kier alpha value is -2.82. The number of phenolic OH excluding ortho intramolecular Hbond substituents is 2. The summed E-state index contributed by atoms with van der Waals surface area (Å²) in [4.78, 5) is 23.7. The highest BCUT2D eigenvalue weighted by Gasteiger charge is 2.11. The predicted octanol–water partition coefficient (Wildman–Crippen LogP) is 2.10. The van der Waals surface area contributed by atoms with Crippen molar-refractivity contribution in [2.45, 2.75) is 6.42 Å². The summed E-state index contributed by atoms with van der Waals surface area (Å²) in [5, 5.41) is 21.3. The third-order valence-electron chi connectivity index (χ3n) is 2.98. The third kappa shape index (κ3) is 3.82. The zero-order valence-corrected chi connectivity index (χ0v) is 11.2. The first kappa shape index (κ1) is 14.6. The number of amides is 1. The number of aromatic hydroxyl groups is 2. The van der Waals surface area contributed by atoms with Crippen LogP contribution in [0.5, 0.6) is 11.5 Å². The van der Waals surface area contributed by atoms with E-state index in [0.717, 1.165) is 0 Å². The van der Waals surface area contributed by atoms with Crippen LogP contribution < -0.4 is 5.32 Å². The zero-order chi connectivity index (χ0) is 15.2. The molecule has 0 aliphatic carbocycles. The average Bonchev–Trinajstić information content (AvgIpc) is 2.48. The number of carbonyl (C=O) groups is 2. The number of rotatable bonds is 5. The monoisotopic (exact) mass is 285 g/mol. The summed E-state index contributed by atoms with van der Waals surface area (Å²) < 4.78 is 0. The molecule has 0 unspecified atom stereocenters. The van der Waals surface area contributed by atoms with Crippen molar-refractivity contribution in [2.75, 3.05) is 6.54 Å². The highest BCUT2D eigenvalue weighted by atomic mass is 16.3. The zero-order valence-electron chi connectivity index (χ0n) is 11.2. The maximum absolute atomic E-state index is 11.9. The Morgan fingerprint density at radius 1 is 0.952 bits per heavy atom. The number of carbonyl (C=O) groups excluding carboxylic acids is 2. The van der Waals surface area contributed by atoms with Crippen LogP contribution in [0.1, 0.15) is 27.1 Å². The van der Waals surface area contributed by atoms with E-state index in [2.05, 4.69) is 5.32 Å². The number of benzene rings is 2. The summed E-state index contributed by atoms with van der Waals surface area (Å²) >= 11 is 0. The molecule has 0 bridgehead atoms. The second-order valence-electron chi connectivity index (χ2n) is 4.49. The lowest BCUT2D eigenvalue weighted by Gasteiger charge is -2.06. The van der Waals surface area contributed by atoms with Crippen molar-refractivity contribution in [1.29, 1.82) is 0 Å². The minimum atomic E-state index is -0.424. The molecule has 2 aromatic carbocycles. The molecule has 0 heterocycles. The first-order valence-electron chi connectivity index (χ1n) is 6.46. The molecule has 0 aliphatic heterocycles. The summed E-state index contributed by atoms with van der Waals surface area (Å²) in [7, 11) is 0. The number of nitrogens with one attached hydrogen (secondary N) is 1. The molecule has 0 fully saturated rings. The number of hydrogen-bond acceptors (Lipinski definition) is 4. The van der Waals surface area contributed by atoms with Crippen molar-refractivity contribution < 1.29 is 19.8 Å². The van der Waals surface area contributed by atoms with Gasteiger partial charge in [0.15, 0.2) is 5.78 Å².